The summed E-state index contributed by atoms with van der Waals surface area (Å²) in [5.41, 5.74) is 9.86. The van der Waals surface area contributed by atoms with E-state index in [1.807, 2.05) is 72.8 Å². The molecule has 0 saturated carbocycles. The highest BCUT2D eigenvalue weighted by Gasteiger charge is 2.24. The first-order valence-electron chi connectivity index (χ1n) is 18.1. The van der Waals surface area contributed by atoms with E-state index in [0.29, 0.717) is 17.5 Å². The molecule has 0 fully saturated rings. The zero-order valence-corrected chi connectivity index (χ0v) is 29.0. The van der Waals surface area contributed by atoms with Gasteiger partial charge in [0.25, 0.3) is 0 Å². The Balaban J connectivity index is 1.23. The molecule has 0 spiro atoms. The third-order valence-corrected chi connectivity index (χ3v) is 10.4. The number of aromatic nitrogens is 4. The second kappa shape index (κ2) is 12.1. The number of furan rings is 1. The fraction of sp³-hybridized carbons (Fsp3) is 0. The number of benzene rings is 8. The normalized spacial score (nSPS) is 11.7. The molecule has 0 radical (unpaired) electrons. The lowest BCUT2D eigenvalue weighted by atomic mass is 10.0. The van der Waals surface area contributed by atoms with Crippen LogP contribution in [0.5, 0.6) is 0 Å². The molecule has 54 heavy (non-hydrogen) atoms. The highest BCUT2D eigenvalue weighted by atomic mass is 16.3. The van der Waals surface area contributed by atoms with Crippen LogP contribution in [0.1, 0.15) is 0 Å². The molecular formula is C49H30N4O. The average Bonchev–Trinajstić information content (AvgIpc) is 3.81. The lowest BCUT2D eigenvalue weighted by Crippen LogP contribution is -2.01. The van der Waals surface area contributed by atoms with Gasteiger partial charge in [0.2, 0.25) is 0 Å². The largest absolute Gasteiger partial charge is 0.455 e. The van der Waals surface area contributed by atoms with Crippen molar-refractivity contribution in [2.24, 2.45) is 0 Å². The van der Waals surface area contributed by atoms with E-state index in [9.17, 15) is 0 Å². The van der Waals surface area contributed by atoms with Crippen LogP contribution >= 0.6 is 0 Å². The Bertz CT molecular complexity index is 3140. The van der Waals surface area contributed by atoms with Crippen LogP contribution in [0.4, 0.5) is 0 Å². The van der Waals surface area contributed by atoms with Crippen molar-refractivity contribution in [1.82, 2.24) is 19.5 Å². The molecule has 0 atom stereocenters. The Morgan fingerprint density at radius 1 is 0.407 bits per heavy atom. The highest BCUT2D eigenvalue weighted by Crippen LogP contribution is 2.44. The van der Waals surface area contributed by atoms with Crippen LogP contribution in [0.3, 0.4) is 0 Å². The van der Waals surface area contributed by atoms with Gasteiger partial charge in [-0.1, -0.05) is 152 Å². The van der Waals surface area contributed by atoms with Crippen molar-refractivity contribution in [2.75, 3.05) is 0 Å². The lowest BCUT2D eigenvalue weighted by Gasteiger charge is -2.14. The maximum atomic E-state index is 6.84. The fourth-order valence-corrected chi connectivity index (χ4v) is 7.94. The third-order valence-electron chi connectivity index (χ3n) is 10.4. The van der Waals surface area contributed by atoms with Gasteiger partial charge in [-0.15, -0.1) is 0 Å². The second-order valence-corrected chi connectivity index (χ2v) is 13.6. The summed E-state index contributed by atoms with van der Waals surface area (Å²) in [7, 11) is 0. The van der Waals surface area contributed by atoms with Crippen molar-refractivity contribution in [2.45, 2.75) is 0 Å². The van der Waals surface area contributed by atoms with Crippen molar-refractivity contribution in [3.63, 3.8) is 0 Å². The van der Waals surface area contributed by atoms with E-state index in [-0.39, 0.29) is 0 Å². The summed E-state index contributed by atoms with van der Waals surface area (Å²) in [5.74, 6) is 1.77. The lowest BCUT2D eigenvalue weighted by molar-refractivity contribution is 0.669. The van der Waals surface area contributed by atoms with Gasteiger partial charge in [0.1, 0.15) is 11.2 Å². The third kappa shape index (κ3) is 4.76. The molecule has 5 nitrogen and oxygen atoms in total. The van der Waals surface area contributed by atoms with Gasteiger partial charge in [-0.25, -0.2) is 15.0 Å². The standard InChI is InChI=1S/C49H30N4O/c1-4-14-31(15-5-1)35-25-28-41-40(30-35)37-26-24-32-16-10-11-21-36(32)45(37)53(41)42-29-27-39(46-44(42)38-22-12-13-23-43(38)54-46)49-51-47(33-17-6-2-7-18-33)50-48(52-49)34-19-8-3-9-20-34/h1-30H. The molecule has 0 aliphatic heterocycles. The summed E-state index contributed by atoms with van der Waals surface area (Å²) in [6.07, 6.45) is 0. The molecule has 0 amide bonds. The quantitative estimate of drug-likeness (QED) is 0.180. The summed E-state index contributed by atoms with van der Waals surface area (Å²) < 4.78 is 9.27. The van der Waals surface area contributed by atoms with Crippen molar-refractivity contribution >= 4 is 54.5 Å². The van der Waals surface area contributed by atoms with Crippen LogP contribution in [0, 0.1) is 0 Å². The molecule has 0 aliphatic rings. The molecule has 0 N–H and O–H groups in total. The molecular weight excluding hydrogens is 661 g/mol. The second-order valence-electron chi connectivity index (χ2n) is 13.6. The van der Waals surface area contributed by atoms with Crippen LogP contribution in [-0.2, 0) is 0 Å². The van der Waals surface area contributed by atoms with Crippen LogP contribution in [0.25, 0.3) is 105 Å². The number of para-hydroxylation sites is 1. The Morgan fingerprint density at radius 2 is 1.02 bits per heavy atom. The molecule has 0 aliphatic carbocycles. The summed E-state index contributed by atoms with van der Waals surface area (Å²) in [5, 5.41) is 6.80. The van der Waals surface area contributed by atoms with Crippen LogP contribution in [-0.4, -0.2) is 19.5 Å². The molecule has 252 valence electrons. The van der Waals surface area contributed by atoms with Crippen molar-refractivity contribution in [3.8, 4) is 51.0 Å². The monoisotopic (exact) mass is 690 g/mol. The number of hydrogen-bond acceptors (Lipinski definition) is 4. The average molecular weight is 691 g/mol. The van der Waals surface area contributed by atoms with Gasteiger partial charge in [-0.2, -0.15) is 0 Å². The van der Waals surface area contributed by atoms with E-state index in [4.69, 9.17) is 19.4 Å². The Hall–Kier alpha value is -7.37. The molecule has 11 aromatic rings. The van der Waals surface area contributed by atoms with E-state index in [1.54, 1.807) is 0 Å². The van der Waals surface area contributed by atoms with Gasteiger partial charge in [0.15, 0.2) is 17.5 Å². The van der Waals surface area contributed by atoms with E-state index < -0.39 is 0 Å². The van der Waals surface area contributed by atoms with Crippen molar-refractivity contribution in [3.05, 3.63) is 182 Å². The SMILES string of the molecule is c1ccc(-c2ccc3c(c2)c2ccc4ccccc4c2n3-c2ccc(-c3nc(-c4ccccc4)nc(-c4ccccc4)n3)c3oc4ccccc4c23)cc1. The Morgan fingerprint density at radius 3 is 1.74 bits per heavy atom. The Kier molecular flexibility index (Phi) is 6.79. The highest BCUT2D eigenvalue weighted by molar-refractivity contribution is 6.21. The smallest absolute Gasteiger partial charge is 0.167 e. The van der Waals surface area contributed by atoms with E-state index in [2.05, 4.69) is 114 Å². The van der Waals surface area contributed by atoms with E-state index >= 15 is 0 Å². The molecule has 3 aromatic heterocycles. The maximum absolute atomic E-state index is 6.84. The molecule has 8 aromatic carbocycles. The van der Waals surface area contributed by atoms with Crippen molar-refractivity contribution < 1.29 is 4.42 Å². The predicted molar refractivity (Wildman–Crippen MR) is 221 cm³/mol. The predicted octanol–water partition coefficient (Wildman–Crippen LogP) is 12.7. The minimum absolute atomic E-state index is 0.554. The zero-order chi connectivity index (χ0) is 35.6. The summed E-state index contributed by atoms with van der Waals surface area (Å²) >= 11 is 0. The first kappa shape index (κ1) is 30.3. The van der Waals surface area contributed by atoms with Gasteiger partial charge < -0.3 is 8.98 Å². The molecule has 0 unspecified atom stereocenters. The number of rotatable bonds is 5. The van der Waals surface area contributed by atoms with Gasteiger partial charge in [0, 0.05) is 32.7 Å². The number of nitrogens with zero attached hydrogens (tertiary/aromatic N) is 4. The minimum Gasteiger partial charge on any atom is -0.455 e. The van der Waals surface area contributed by atoms with E-state index in [0.717, 1.165) is 55.3 Å². The number of hydrogen-bond donors (Lipinski definition) is 0. The van der Waals surface area contributed by atoms with Crippen LogP contribution < -0.4 is 0 Å². The Labute approximate surface area is 310 Å². The van der Waals surface area contributed by atoms with Crippen molar-refractivity contribution in [1.29, 1.82) is 0 Å². The first-order chi connectivity index (χ1) is 26.8. The van der Waals surface area contributed by atoms with Gasteiger partial charge in [-0.3, -0.25) is 0 Å². The fourth-order valence-electron chi connectivity index (χ4n) is 7.94. The molecule has 0 bridgehead atoms. The van der Waals surface area contributed by atoms with Gasteiger partial charge >= 0.3 is 0 Å². The summed E-state index contributed by atoms with van der Waals surface area (Å²) in [6, 6.07) is 63.3. The molecule has 0 saturated heterocycles. The number of fused-ring (bicyclic) bond motifs is 8. The molecule has 3 heterocycles. The minimum atomic E-state index is 0.554. The first-order valence-corrected chi connectivity index (χ1v) is 18.1. The van der Waals surface area contributed by atoms with Gasteiger partial charge in [0.05, 0.1) is 27.7 Å². The summed E-state index contributed by atoms with van der Waals surface area (Å²) in [6.45, 7) is 0. The van der Waals surface area contributed by atoms with Crippen LogP contribution in [0.15, 0.2) is 186 Å². The van der Waals surface area contributed by atoms with E-state index in [1.165, 1.54) is 32.7 Å². The van der Waals surface area contributed by atoms with Gasteiger partial charge in [-0.05, 0) is 46.8 Å². The maximum Gasteiger partial charge on any atom is 0.167 e. The zero-order valence-electron chi connectivity index (χ0n) is 29.0. The summed E-state index contributed by atoms with van der Waals surface area (Å²) in [4.78, 5) is 15.2. The molecule has 5 heteroatoms. The van der Waals surface area contributed by atoms with Crippen LogP contribution in [0.2, 0.25) is 0 Å². The topological polar surface area (TPSA) is 56.7 Å². The molecule has 11 rings (SSSR count).